The summed E-state index contributed by atoms with van der Waals surface area (Å²) in [5.41, 5.74) is 5.00. The fourth-order valence-electron chi connectivity index (χ4n) is 6.63. The molecule has 4 atom stereocenters. The first-order valence-electron chi connectivity index (χ1n) is 12.8. The third-order valence-electron chi connectivity index (χ3n) is 8.50. The number of aromatic hydroxyl groups is 1. The van der Waals surface area contributed by atoms with Crippen molar-refractivity contribution >= 4 is 35.1 Å². The first kappa shape index (κ1) is 24.0. The van der Waals surface area contributed by atoms with Crippen LogP contribution in [0.1, 0.15) is 42.4 Å². The predicted octanol–water partition coefficient (Wildman–Crippen LogP) is 4.98. The molecule has 2 amide bonds. The molecule has 2 aromatic carbocycles. The standard InChI is InChI=1S/C32H27NO5/c1-4-18-5-8-20(9-6-18)33-31(37)22-11-10-21-23(28(22)32(33)38)15-24-29(26(35)14-17(3)30(24)36)27(21)19-7-12-25(34)16(2)13-19/h4-10,12-14,22-23,27-28,34H,1,11,15H2,2-3H3. The van der Waals surface area contributed by atoms with E-state index in [2.05, 4.69) is 6.58 Å². The lowest BCUT2D eigenvalue weighted by Crippen LogP contribution is -2.39. The van der Waals surface area contributed by atoms with Gasteiger partial charge < -0.3 is 5.11 Å². The zero-order chi connectivity index (χ0) is 26.9. The molecule has 4 aliphatic rings. The average molecular weight is 506 g/mol. The van der Waals surface area contributed by atoms with Crippen molar-refractivity contribution in [1.29, 1.82) is 0 Å². The second-order valence-electron chi connectivity index (χ2n) is 10.6. The molecule has 6 rings (SSSR count). The normalized spacial score (nSPS) is 26.5. The molecule has 1 N–H and O–H groups in total. The first-order valence-corrected chi connectivity index (χ1v) is 12.8. The van der Waals surface area contributed by atoms with E-state index in [0.717, 1.165) is 16.7 Å². The van der Waals surface area contributed by atoms with Gasteiger partial charge in [0, 0.05) is 22.6 Å². The number of Topliss-reactive ketones (excluding diaryl/α,β-unsaturated/α-hetero) is 1. The number of phenols is 1. The summed E-state index contributed by atoms with van der Waals surface area (Å²) < 4.78 is 0. The Morgan fingerprint density at radius 1 is 0.974 bits per heavy atom. The van der Waals surface area contributed by atoms with E-state index in [-0.39, 0.29) is 41.5 Å². The number of nitrogens with zero attached hydrogens (tertiary/aromatic N) is 1. The highest BCUT2D eigenvalue weighted by molar-refractivity contribution is 6.25. The number of ketones is 2. The van der Waals surface area contributed by atoms with Crippen LogP contribution in [0, 0.1) is 24.7 Å². The Morgan fingerprint density at radius 2 is 1.71 bits per heavy atom. The molecule has 38 heavy (non-hydrogen) atoms. The number of rotatable bonds is 3. The van der Waals surface area contributed by atoms with Gasteiger partial charge in [-0.05, 0) is 73.6 Å². The van der Waals surface area contributed by atoms with Gasteiger partial charge in [0.25, 0.3) is 0 Å². The van der Waals surface area contributed by atoms with Gasteiger partial charge in [0.1, 0.15) is 5.75 Å². The molecule has 0 spiro atoms. The zero-order valence-corrected chi connectivity index (χ0v) is 21.2. The monoisotopic (exact) mass is 505 g/mol. The van der Waals surface area contributed by atoms with Crippen LogP contribution in [0.4, 0.5) is 5.69 Å². The van der Waals surface area contributed by atoms with Crippen LogP contribution in [0.2, 0.25) is 0 Å². The summed E-state index contributed by atoms with van der Waals surface area (Å²) in [4.78, 5) is 55.4. The summed E-state index contributed by atoms with van der Waals surface area (Å²) in [5, 5.41) is 10.1. The third-order valence-corrected chi connectivity index (χ3v) is 8.50. The number of imide groups is 1. The maximum Gasteiger partial charge on any atom is 0.238 e. The number of allylic oxidation sites excluding steroid dienone is 6. The number of phenolic OH excluding ortho intramolecular Hbond substituents is 1. The number of anilines is 1. The molecule has 0 radical (unpaired) electrons. The lowest BCUT2D eigenvalue weighted by Gasteiger charge is -2.42. The van der Waals surface area contributed by atoms with Crippen molar-refractivity contribution in [3.8, 4) is 5.75 Å². The van der Waals surface area contributed by atoms with Gasteiger partial charge in [-0.1, -0.05) is 48.6 Å². The van der Waals surface area contributed by atoms with Crippen molar-refractivity contribution < 1.29 is 24.3 Å². The Bertz CT molecular complexity index is 1550. The summed E-state index contributed by atoms with van der Waals surface area (Å²) in [6, 6.07) is 12.3. The number of fused-ring (bicyclic) bond motifs is 3. The molecule has 6 heteroatoms. The van der Waals surface area contributed by atoms with E-state index >= 15 is 0 Å². The highest BCUT2D eigenvalue weighted by atomic mass is 16.3. The van der Waals surface area contributed by atoms with Gasteiger partial charge in [-0.25, -0.2) is 0 Å². The molecular weight excluding hydrogens is 478 g/mol. The first-order chi connectivity index (χ1) is 18.2. The Kier molecular flexibility index (Phi) is 5.45. The molecule has 1 heterocycles. The number of hydrogen-bond acceptors (Lipinski definition) is 5. The molecule has 190 valence electrons. The van der Waals surface area contributed by atoms with Crippen molar-refractivity contribution in [2.75, 3.05) is 4.90 Å². The Hall–Kier alpha value is -4.32. The van der Waals surface area contributed by atoms with Gasteiger partial charge in [0.2, 0.25) is 11.8 Å². The number of amides is 2. The fraction of sp³-hybridized carbons (Fsp3) is 0.250. The van der Waals surface area contributed by atoms with E-state index in [0.29, 0.717) is 34.4 Å². The number of aryl methyl sites for hydroxylation is 1. The molecule has 1 saturated heterocycles. The largest absolute Gasteiger partial charge is 0.508 e. The molecule has 1 fully saturated rings. The second-order valence-corrected chi connectivity index (χ2v) is 10.6. The van der Waals surface area contributed by atoms with Crippen molar-refractivity contribution in [3.63, 3.8) is 0 Å². The van der Waals surface area contributed by atoms with Crippen LogP contribution in [0.3, 0.4) is 0 Å². The highest BCUT2D eigenvalue weighted by Gasteiger charge is 2.56. The van der Waals surface area contributed by atoms with Crippen LogP contribution < -0.4 is 4.90 Å². The molecule has 6 nitrogen and oxygen atoms in total. The van der Waals surface area contributed by atoms with Crippen LogP contribution in [0.25, 0.3) is 6.08 Å². The second kappa shape index (κ2) is 8.62. The summed E-state index contributed by atoms with van der Waals surface area (Å²) in [5.74, 6) is -2.80. The summed E-state index contributed by atoms with van der Waals surface area (Å²) >= 11 is 0. The maximum atomic E-state index is 13.9. The van der Waals surface area contributed by atoms with E-state index < -0.39 is 17.8 Å². The van der Waals surface area contributed by atoms with Crippen molar-refractivity contribution in [2.45, 2.75) is 32.6 Å². The van der Waals surface area contributed by atoms with Crippen molar-refractivity contribution in [3.05, 3.63) is 100 Å². The summed E-state index contributed by atoms with van der Waals surface area (Å²) in [6.07, 6.45) is 5.72. The third kappa shape index (κ3) is 3.40. The van der Waals surface area contributed by atoms with Gasteiger partial charge in [0.05, 0.1) is 17.5 Å². The van der Waals surface area contributed by atoms with E-state index in [9.17, 15) is 24.3 Å². The molecule has 0 saturated carbocycles. The minimum Gasteiger partial charge on any atom is -0.508 e. The SMILES string of the molecule is C=Cc1ccc(N2C(=O)C3CC=C4C(c5ccc(O)c(C)c5)C5=C(CC4C3C2=O)C(=O)C(C)=CC5=O)cc1. The molecule has 1 aliphatic heterocycles. The van der Waals surface area contributed by atoms with Gasteiger partial charge in [0.15, 0.2) is 11.6 Å². The summed E-state index contributed by atoms with van der Waals surface area (Å²) in [7, 11) is 0. The highest BCUT2D eigenvalue weighted by Crippen LogP contribution is 2.55. The quantitative estimate of drug-likeness (QED) is 0.361. The number of benzene rings is 2. The number of hydrogen-bond donors (Lipinski definition) is 1. The van der Waals surface area contributed by atoms with Crippen LogP contribution in [-0.2, 0) is 19.2 Å². The van der Waals surface area contributed by atoms with Crippen LogP contribution >= 0.6 is 0 Å². The van der Waals surface area contributed by atoms with E-state index in [4.69, 9.17) is 0 Å². The smallest absolute Gasteiger partial charge is 0.238 e. The van der Waals surface area contributed by atoms with Gasteiger partial charge in [-0.15, -0.1) is 0 Å². The molecule has 3 aliphatic carbocycles. The molecule has 0 aromatic heterocycles. The predicted molar refractivity (Wildman–Crippen MR) is 143 cm³/mol. The zero-order valence-electron chi connectivity index (χ0n) is 21.2. The molecular formula is C32H27NO5. The minimum absolute atomic E-state index is 0.143. The summed E-state index contributed by atoms with van der Waals surface area (Å²) in [6.45, 7) is 7.18. The van der Waals surface area contributed by atoms with Gasteiger partial charge in [-0.2, -0.15) is 0 Å². The van der Waals surface area contributed by atoms with Gasteiger partial charge >= 0.3 is 0 Å². The Labute approximate surface area is 220 Å². The maximum absolute atomic E-state index is 13.9. The Balaban J connectivity index is 1.47. The topological polar surface area (TPSA) is 91.8 Å². The van der Waals surface area contributed by atoms with E-state index in [1.54, 1.807) is 44.2 Å². The lowest BCUT2D eigenvalue weighted by molar-refractivity contribution is -0.123. The van der Waals surface area contributed by atoms with Crippen LogP contribution in [-0.4, -0.2) is 28.5 Å². The lowest BCUT2D eigenvalue weighted by atomic mass is 9.59. The Morgan fingerprint density at radius 3 is 2.39 bits per heavy atom. The average Bonchev–Trinajstić information content (AvgIpc) is 3.17. The number of carbonyl (C=O) groups excluding carboxylic acids is 4. The minimum atomic E-state index is -0.620. The molecule has 2 aromatic rings. The van der Waals surface area contributed by atoms with Crippen molar-refractivity contribution in [1.82, 2.24) is 0 Å². The van der Waals surface area contributed by atoms with E-state index in [1.165, 1.54) is 11.0 Å². The van der Waals surface area contributed by atoms with Gasteiger partial charge in [-0.3, -0.25) is 24.1 Å². The van der Waals surface area contributed by atoms with Crippen LogP contribution in [0.15, 0.2) is 83.5 Å². The fourth-order valence-corrected chi connectivity index (χ4v) is 6.63. The van der Waals surface area contributed by atoms with Crippen LogP contribution in [0.5, 0.6) is 5.75 Å². The number of carbonyl (C=O) groups is 4. The van der Waals surface area contributed by atoms with E-state index in [1.807, 2.05) is 24.3 Å². The molecule has 0 bridgehead atoms. The molecule has 4 unspecified atom stereocenters. The van der Waals surface area contributed by atoms with Crippen molar-refractivity contribution in [2.24, 2.45) is 17.8 Å².